The van der Waals surface area contributed by atoms with Crippen LogP contribution in [0.4, 0.5) is 10.1 Å². The van der Waals surface area contributed by atoms with Crippen LogP contribution < -0.4 is 10.5 Å². The number of thioether (sulfide) groups is 1. The molecule has 2 heterocycles. The number of aliphatic imine (C=N–C) groups is 1. The molecule has 2 aliphatic heterocycles. The van der Waals surface area contributed by atoms with Crippen LogP contribution >= 0.6 is 11.8 Å². The molecule has 9 heteroatoms. The molecule has 0 aliphatic carbocycles. The summed E-state index contributed by atoms with van der Waals surface area (Å²) in [6, 6.07) is 9.99. The third kappa shape index (κ3) is 3.19. The predicted molar refractivity (Wildman–Crippen MR) is 104 cm³/mol. The summed E-state index contributed by atoms with van der Waals surface area (Å²) in [4.78, 5) is 4.61. The third-order valence-electron chi connectivity index (χ3n) is 4.86. The van der Waals surface area contributed by atoms with Crippen molar-refractivity contribution in [2.24, 2.45) is 10.7 Å². The number of amidine groups is 1. The van der Waals surface area contributed by atoms with E-state index in [0.29, 0.717) is 23.2 Å². The highest BCUT2D eigenvalue weighted by molar-refractivity contribution is 8.14. The SMILES string of the molecule is CC1OCc2ccc(NS(=O)(=O)c3ccc(F)cc3)cc2C12CSC(N)=N2. The number of hydrogen-bond acceptors (Lipinski definition) is 6. The Morgan fingerprint density at radius 3 is 2.70 bits per heavy atom. The Morgan fingerprint density at radius 2 is 2.04 bits per heavy atom. The zero-order chi connectivity index (χ0) is 19.2. The monoisotopic (exact) mass is 407 g/mol. The van der Waals surface area contributed by atoms with E-state index in [2.05, 4.69) is 9.71 Å². The predicted octanol–water partition coefficient (Wildman–Crippen LogP) is 2.80. The summed E-state index contributed by atoms with van der Waals surface area (Å²) in [7, 11) is -3.83. The van der Waals surface area contributed by atoms with Crippen molar-refractivity contribution in [2.45, 2.75) is 30.1 Å². The number of benzene rings is 2. The van der Waals surface area contributed by atoms with E-state index in [4.69, 9.17) is 10.5 Å². The molecular weight excluding hydrogens is 389 g/mol. The van der Waals surface area contributed by atoms with Gasteiger partial charge in [0, 0.05) is 11.4 Å². The van der Waals surface area contributed by atoms with Crippen LogP contribution in [0, 0.1) is 5.82 Å². The lowest BCUT2D eigenvalue weighted by Gasteiger charge is -2.38. The number of halogens is 1. The summed E-state index contributed by atoms with van der Waals surface area (Å²) in [5.74, 6) is 0.147. The van der Waals surface area contributed by atoms with E-state index >= 15 is 0 Å². The van der Waals surface area contributed by atoms with E-state index in [9.17, 15) is 12.8 Å². The topological polar surface area (TPSA) is 93.8 Å². The van der Waals surface area contributed by atoms with Crippen LogP contribution in [0.2, 0.25) is 0 Å². The third-order valence-corrected chi connectivity index (χ3v) is 7.23. The minimum Gasteiger partial charge on any atom is -0.379 e. The lowest BCUT2D eigenvalue weighted by molar-refractivity contribution is -0.00896. The molecule has 0 radical (unpaired) electrons. The molecule has 2 atom stereocenters. The number of nitrogens with zero attached hydrogens (tertiary/aromatic N) is 1. The summed E-state index contributed by atoms with van der Waals surface area (Å²) in [6.45, 7) is 2.38. The van der Waals surface area contributed by atoms with Crippen molar-refractivity contribution in [1.82, 2.24) is 0 Å². The molecule has 3 N–H and O–H groups in total. The number of nitrogens with two attached hydrogens (primary N) is 1. The molecular formula is C18H18FN3O3S2. The Labute approximate surface area is 161 Å². The molecule has 142 valence electrons. The fourth-order valence-electron chi connectivity index (χ4n) is 3.36. The van der Waals surface area contributed by atoms with Crippen LogP contribution in [-0.2, 0) is 26.9 Å². The molecule has 6 nitrogen and oxygen atoms in total. The smallest absolute Gasteiger partial charge is 0.261 e. The molecule has 0 saturated carbocycles. The Bertz CT molecular complexity index is 1020. The van der Waals surface area contributed by atoms with E-state index in [1.807, 2.05) is 13.0 Å². The van der Waals surface area contributed by atoms with Crippen molar-refractivity contribution in [2.75, 3.05) is 10.5 Å². The highest BCUT2D eigenvalue weighted by Crippen LogP contribution is 2.45. The largest absolute Gasteiger partial charge is 0.379 e. The van der Waals surface area contributed by atoms with Crippen molar-refractivity contribution in [1.29, 1.82) is 0 Å². The van der Waals surface area contributed by atoms with Gasteiger partial charge in [-0.05, 0) is 54.4 Å². The van der Waals surface area contributed by atoms with Crippen molar-refractivity contribution < 1.29 is 17.5 Å². The second kappa shape index (κ2) is 6.50. The minimum absolute atomic E-state index is 0.00766. The normalized spacial score (nSPS) is 24.5. The van der Waals surface area contributed by atoms with Crippen LogP contribution in [0.5, 0.6) is 0 Å². The lowest BCUT2D eigenvalue weighted by atomic mass is 9.82. The summed E-state index contributed by atoms with van der Waals surface area (Å²) < 4.78 is 46.7. The van der Waals surface area contributed by atoms with Gasteiger partial charge in [-0.15, -0.1) is 0 Å². The molecule has 0 amide bonds. The number of ether oxygens (including phenoxy) is 1. The van der Waals surface area contributed by atoms with E-state index in [0.717, 1.165) is 23.3 Å². The average molecular weight is 407 g/mol. The first kappa shape index (κ1) is 18.3. The van der Waals surface area contributed by atoms with Gasteiger partial charge in [0.15, 0.2) is 5.17 Å². The number of anilines is 1. The van der Waals surface area contributed by atoms with Gasteiger partial charge in [-0.25, -0.2) is 17.8 Å². The van der Waals surface area contributed by atoms with Gasteiger partial charge in [0.05, 0.1) is 17.6 Å². The van der Waals surface area contributed by atoms with Crippen molar-refractivity contribution in [3.8, 4) is 0 Å². The van der Waals surface area contributed by atoms with Gasteiger partial charge < -0.3 is 10.5 Å². The number of nitrogens with one attached hydrogen (secondary N) is 1. The van der Waals surface area contributed by atoms with E-state index < -0.39 is 21.4 Å². The fraction of sp³-hybridized carbons (Fsp3) is 0.278. The quantitative estimate of drug-likeness (QED) is 0.816. The zero-order valence-electron chi connectivity index (χ0n) is 14.5. The van der Waals surface area contributed by atoms with Gasteiger partial charge in [0.2, 0.25) is 0 Å². The number of hydrogen-bond donors (Lipinski definition) is 2. The first-order valence-corrected chi connectivity index (χ1v) is 10.8. The molecule has 0 fully saturated rings. The maximum Gasteiger partial charge on any atom is 0.261 e. The molecule has 1 spiro atoms. The second-order valence-electron chi connectivity index (χ2n) is 6.55. The fourth-order valence-corrected chi connectivity index (χ4v) is 5.46. The number of sulfonamides is 1. The Balaban J connectivity index is 1.72. The lowest BCUT2D eigenvalue weighted by Crippen LogP contribution is -2.42. The van der Waals surface area contributed by atoms with E-state index in [-0.39, 0.29) is 11.0 Å². The van der Waals surface area contributed by atoms with Gasteiger partial charge in [-0.3, -0.25) is 4.72 Å². The molecule has 2 aromatic carbocycles. The maximum absolute atomic E-state index is 13.1. The van der Waals surface area contributed by atoms with Gasteiger partial charge in [0.25, 0.3) is 10.0 Å². The van der Waals surface area contributed by atoms with Crippen LogP contribution in [0.3, 0.4) is 0 Å². The standard InChI is InChI=1S/C18H18FN3O3S2/c1-11-18(10-26-17(20)21-18)16-8-14(5-2-12(16)9-25-11)22-27(23,24)15-6-3-13(19)4-7-15/h2-8,11,22H,9-10H2,1H3,(H2,20,21). The first-order valence-electron chi connectivity index (χ1n) is 8.32. The Morgan fingerprint density at radius 1 is 1.30 bits per heavy atom. The maximum atomic E-state index is 13.1. The summed E-state index contributed by atoms with van der Waals surface area (Å²) >= 11 is 1.46. The van der Waals surface area contributed by atoms with Crippen molar-refractivity contribution in [3.05, 3.63) is 59.4 Å². The minimum atomic E-state index is -3.83. The Kier molecular flexibility index (Phi) is 4.40. The van der Waals surface area contributed by atoms with Gasteiger partial charge in [-0.2, -0.15) is 0 Å². The summed E-state index contributed by atoms with van der Waals surface area (Å²) in [5, 5.41) is 0.496. The van der Waals surface area contributed by atoms with Crippen LogP contribution in [0.25, 0.3) is 0 Å². The van der Waals surface area contributed by atoms with Gasteiger partial charge >= 0.3 is 0 Å². The Hall–Kier alpha value is -2.10. The zero-order valence-corrected chi connectivity index (χ0v) is 16.1. The van der Waals surface area contributed by atoms with Crippen LogP contribution in [0.1, 0.15) is 18.1 Å². The van der Waals surface area contributed by atoms with E-state index in [1.165, 1.54) is 23.9 Å². The molecule has 27 heavy (non-hydrogen) atoms. The van der Waals surface area contributed by atoms with Gasteiger partial charge in [-0.1, -0.05) is 17.8 Å². The molecule has 0 aromatic heterocycles. The van der Waals surface area contributed by atoms with E-state index in [1.54, 1.807) is 12.1 Å². The summed E-state index contributed by atoms with van der Waals surface area (Å²) in [6.07, 6.45) is -0.178. The van der Waals surface area contributed by atoms with Crippen molar-refractivity contribution in [3.63, 3.8) is 0 Å². The first-order chi connectivity index (χ1) is 12.8. The second-order valence-corrected chi connectivity index (χ2v) is 9.23. The van der Waals surface area contributed by atoms with Crippen molar-refractivity contribution >= 4 is 32.6 Å². The molecule has 2 aromatic rings. The summed E-state index contributed by atoms with van der Waals surface area (Å²) in [5.41, 5.74) is 7.56. The molecule has 2 unspecified atom stereocenters. The number of fused-ring (bicyclic) bond motifs is 2. The van der Waals surface area contributed by atoms with Crippen LogP contribution in [-0.4, -0.2) is 25.4 Å². The number of rotatable bonds is 3. The molecule has 4 rings (SSSR count). The highest BCUT2D eigenvalue weighted by Gasteiger charge is 2.46. The molecule has 2 aliphatic rings. The van der Waals surface area contributed by atoms with Gasteiger partial charge in [0.1, 0.15) is 11.4 Å². The average Bonchev–Trinajstić information content (AvgIpc) is 3.02. The van der Waals surface area contributed by atoms with Crippen LogP contribution in [0.15, 0.2) is 52.4 Å². The molecule has 0 bridgehead atoms. The molecule has 0 saturated heterocycles. The highest BCUT2D eigenvalue weighted by atomic mass is 32.2.